The summed E-state index contributed by atoms with van der Waals surface area (Å²) in [6.45, 7) is 19.9. The molecular weight excluding hydrogens is 436 g/mol. The molecule has 35 heavy (non-hydrogen) atoms. The molecule has 0 aliphatic carbocycles. The average molecular weight is 493 g/mol. The van der Waals surface area contributed by atoms with Crippen molar-refractivity contribution in [3.8, 4) is 0 Å². The number of amides is 2. The van der Waals surface area contributed by atoms with Gasteiger partial charge in [0, 0.05) is 26.2 Å². The van der Waals surface area contributed by atoms with E-state index in [4.69, 9.17) is 0 Å². The van der Waals surface area contributed by atoms with Crippen molar-refractivity contribution in [3.63, 3.8) is 0 Å². The quantitative estimate of drug-likeness (QED) is 0.357. The van der Waals surface area contributed by atoms with E-state index in [9.17, 15) is 9.59 Å². The van der Waals surface area contributed by atoms with E-state index in [-0.39, 0.29) is 23.9 Å². The van der Waals surface area contributed by atoms with Gasteiger partial charge in [0.25, 0.3) is 0 Å². The van der Waals surface area contributed by atoms with Crippen LogP contribution in [0.1, 0.15) is 99.3 Å². The zero-order valence-electron chi connectivity index (χ0n) is 23.9. The van der Waals surface area contributed by atoms with Gasteiger partial charge in [-0.15, -0.1) is 0 Å². The molecule has 0 spiro atoms. The highest BCUT2D eigenvalue weighted by Crippen LogP contribution is 2.25. The molecule has 2 rings (SSSR count). The van der Waals surface area contributed by atoms with Crippen LogP contribution in [0.2, 0.25) is 0 Å². The van der Waals surface area contributed by atoms with Crippen LogP contribution in [0.4, 0.5) is 0 Å². The minimum Gasteiger partial charge on any atom is -0.341 e. The van der Waals surface area contributed by atoms with Crippen LogP contribution in [0.15, 0.2) is 0 Å². The monoisotopic (exact) mass is 492 g/mol. The molecular formula is C29H56N4O2. The lowest BCUT2D eigenvalue weighted by molar-refractivity contribution is -0.150. The maximum absolute atomic E-state index is 13.7. The number of carbonyl (C=O) groups is 2. The maximum Gasteiger partial charge on any atom is 0.245 e. The van der Waals surface area contributed by atoms with Gasteiger partial charge in [-0.05, 0) is 82.3 Å². The summed E-state index contributed by atoms with van der Waals surface area (Å²) in [4.78, 5) is 33.7. The molecule has 2 atom stereocenters. The number of hydrogen-bond acceptors (Lipinski definition) is 4. The predicted octanol–water partition coefficient (Wildman–Crippen LogP) is 4.78. The molecule has 2 aliphatic heterocycles. The first-order valence-corrected chi connectivity index (χ1v) is 14.8. The van der Waals surface area contributed by atoms with Crippen molar-refractivity contribution < 1.29 is 9.59 Å². The average Bonchev–Trinajstić information content (AvgIpc) is 2.83. The van der Waals surface area contributed by atoms with E-state index >= 15 is 0 Å². The number of likely N-dealkylation sites (tertiary alicyclic amines) is 1. The van der Waals surface area contributed by atoms with Gasteiger partial charge in [0.15, 0.2) is 0 Å². The van der Waals surface area contributed by atoms with Gasteiger partial charge in [-0.3, -0.25) is 9.59 Å². The van der Waals surface area contributed by atoms with E-state index in [0.717, 1.165) is 45.3 Å². The van der Waals surface area contributed by atoms with Crippen LogP contribution in [0.25, 0.3) is 0 Å². The van der Waals surface area contributed by atoms with Gasteiger partial charge >= 0.3 is 0 Å². The highest BCUT2D eigenvalue weighted by Gasteiger charge is 2.39. The molecule has 0 radical (unpaired) electrons. The Hall–Kier alpha value is -1.14. The zero-order chi connectivity index (χ0) is 25.8. The summed E-state index contributed by atoms with van der Waals surface area (Å²) >= 11 is 0. The molecule has 0 aromatic heterocycles. The van der Waals surface area contributed by atoms with E-state index in [1.807, 2.05) is 4.90 Å². The second kappa shape index (κ2) is 15.9. The molecule has 2 saturated heterocycles. The Morgan fingerprint density at radius 2 is 1.60 bits per heavy atom. The summed E-state index contributed by atoms with van der Waals surface area (Å²) in [7, 11) is 0. The van der Waals surface area contributed by atoms with Crippen molar-refractivity contribution in [1.29, 1.82) is 0 Å². The lowest BCUT2D eigenvalue weighted by Gasteiger charge is -2.42. The van der Waals surface area contributed by atoms with Crippen LogP contribution in [-0.4, -0.2) is 84.4 Å². The molecule has 0 bridgehead atoms. The molecule has 2 amide bonds. The van der Waals surface area contributed by atoms with Gasteiger partial charge < -0.3 is 20.0 Å². The van der Waals surface area contributed by atoms with Crippen LogP contribution in [0, 0.1) is 17.8 Å². The number of hydrogen-bond donors (Lipinski definition) is 1. The molecule has 2 aliphatic rings. The Balaban J connectivity index is 1.92. The Morgan fingerprint density at radius 3 is 2.14 bits per heavy atom. The number of rotatable bonds is 15. The molecule has 0 aromatic rings. The fraction of sp³-hybridized carbons (Fsp3) is 0.931. The van der Waals surface area contributed by atoms with E-state index in [0.29, 0.717) is 24.3 Å². The minimum absolute atomic E-state index is 0.123. The van der Waals surface area contributed by atoms with E-state index in [2.05, 4.69) is 56.7 Å². The first kappa shape index (κ1) is 30.1. The van der Waals surface area contributed by atoms with E-state index in [1.54, 1.807) is 0 Å². The first-order valence-electron chi connectivity index (χ1n) is 14.8. The second-order valence-corrected chi connectivity index (χ2v) is 11.9. The third kappa shape index (κ3) is 10.0. The van der Waals surface area contributed by atoms with Crippen molar-refractivity contribution in [2.75, 3.05) is 45.8 Å². The third-order valence-electron chi connectivity index (χ3n) is 7.82. The number of piperidine rings is 1. The number of carbonyl (C=O) groups excluding carboxylic acids is 2. The highest BCUT2D eigenvalue weighted by molar-refractivity contribution is 5.90. The topological polar surface area (TPSA) is 55.9 Å². The molecule has 2 fully saturated rings. The minimum atomic E-state index is -0.311. The third-order valence-corrected chi connectivity index (χ3v) is 7.82. The van der Waals surface area contributed by atoms with Gasteiger partial charge in [0.1, 0.15) is 6.04 Å². The molecule has 1 N–H and O–H groups in total. The van der Waals surface area contributed by atoms with Gasteiger partial charge in [-0.25, -0.2) is 0 Å². The Bertz CT molecular complexity index is 608. The smallest absolute Gasteiger partial charge is 0.245 e. The highest BCUT2D eigenvalue weighted by atomic mass is 16.2. The summed E-state index contributed by atoms with van der Waals surface area (Å²) in [5.41, 5.74) is 0. The predicted molar refractivity (Wildman–Crippen MR) is 146 cm³/mol. The number of nitrogens with one attached hydrogen (secondary N) is 1. The number of unbranched alkanes of at least 4 members (excludes halogenated alkanes) is 2. The Kier molecular flexibility index (Phi) is 13.6. The molecule has 2 heterocycles. The van der Waals surface area contributed by atoms with Crippen LogP contribution < -0.4 is 5.32 Å². The van der Waals surface area contributed by atoms with Crippen LogP contribution in [0.5, 0.6) is 0 Å². The van der Waals surface area contributed by atoms with Gasteiger partial charge in [0.05, 0.1) is 6.04 Å². The van der Waals surface area contributed by atoms with Crippen LogP contribution in [-0.2, 0) is 9.59 Å². The standard InChI is InChI=1S/C29H56N4O2/c1-7-9-15-31(16-10-8-2)17-11-25-12-18-32(19-13-25)29(35)27(22-24(5)6)33-20-14-30-26(28(33)34)21-23(3)4/h23-27,30H,7-22H2,1-6H3/t26-,27-/m0/s1. The molecule has 204 valence electrons. The van der Waals surface area contributed by atoms with Crippen LogP contribution >= 0.6 is 0 Å². The fourth-order valence-electron chi connectivity index (χ4n) is 5.65. The van der Waals surface area contributed by atoms with Crippen molar-refractivity contribution in [1.82, 2.24) is 20.0 Å². The Morgan fingerprint density at radius 1 is 0.971 bits per heavy atom. The van der Waals surface area contributed by atoms with Crippen molar-refractivity contribution in [2.24, 2.45) is 17.8 Å². The first-order chi connectivity index (χ1) is 16.8. The molecule has 0 saturated carbocycles. The normalized spacial score (nSPS) is 20.9. The summed E-state index contributed by atoms with van der Waals surface area (Å²) < 4.78 is 0. The maximum atomic E-state index is 13.7. The zero-order valence-corrected chi connectivity index (χ0v) is 23.9. The largest absolute Gasteiger partial charge is 0.341 e. The second-order valence-electron chi connectivity index (χ2n) is 11.9. The summed E-state index contributed by atoms with van der Waals surface area (Å²) in [5, 5.41) is 3.39. The van der Waals surface area contributed by atoms with Crippen molar-refractivity contribution in [3.05, 3.63) is 0 Å². The van der Waals surface area contributed by atoms with E-state index < -0.39 is 0 Å². The van der Waals surface area contributed by atoms with Gasteiger partial charge in [-0.2, -0.15) is 0 Å². The molecule has 0 unspecified atom stereocenters. The van der Waals surface area contributed by atoms with Gasteiger partial charge in [0.2, 0.25) is 11.8 Å². The molecule has 6 heteroatoms. The molecule has 0 aromatic carbocycles. The summed E-state index contributed by atoms with van der Waals surface area (Å²) in [6, 6.07) is -0.463. The summed E-state index contributed by atoms with van der Waals surface area (Å²) in [6.07, 6.45) is 10.1. The number of piperazine rings is 1. The van der Waals surface area contributed by atoms with E-state index in [1.165, 1.54) is 51.7 Å². The Labute approximate surface area is 216 Å². The number of nitrogens with zero attached hydrogens (tertiary/aromatic N) is 3. The fourth-order valence-corrected chi connectivity index (χ4v) is 5.65. The van der Waals surface area contributed by atoms with Crippen LogP contribution in [0.3, 0.4) is 0 Å². The van der Waals surface area contributed by atoms with Gasteiger partial charge in [-0.1, -0.05) is 54.4 Å². The molecule has 6 nitrogen and oxygen atoms in total. The summed E-state index contributed by atoms with van der Waals surface area (Å²) in [5.74, 6) is 1.85. The van der Waals surface area contributed by atoms with Crippen molar-refractivity contribution >= 4 is 11.8 Å². The lowest BCUT2D eigenvalue weighted by Crippen LogP contribution is -2.62. The van der Waals surface area contributed by atoms with Crippen molar-refractivity contribution in [2.45, 2.75) is 111 Å². The lowest BCUT2D eigenvalue weighted by atomic mass is 9.91. The SMILES string of the molecule is CCCCN(CCCC)CCC1CCN(C(=O)[C@H](CC(C)C)N2CCN[C@@H](CC(C)C)C2=O)CC1.